The third-order valence-corrected chi connectivity index (χ3v) is 3.23. The second kappa shape index (κ2) is 7.84. The molecule has 114 valence electrons. The lowest BCUT2D eigenvalue weighted by Gasteiger charge is -2.16. The molecule has 0 radical (unpaired) electrons. The minimum absolute atomic E-state index is 0.200. The summed E-state index contributed by atoms with van der Waals surface area (Å²) in [6, 6.07) is 8.22. The second-order valence-electron chi connectivity index (χ2n) is 5.77. The molecule has 0 spiro atoms. The van der Waals surface area contributed by atoms with Crippen LogP contribution in [0, 0.1) is 5.92 Å². The summed E-state index contributed by atoms with van der Waals surface area (Å²) in [5, 5.41) is 3.51. The molecule has 1 unspecified atom stereocenters. The zero-order chi connectivity index (χ0) is 15.1. The van der Waals surface area contributed by atoms with Crippen LogP contribution in [0.15, 0.2) is 43.0 Å². The average Bonchev–Trinajstić information content (AvgIpc) is 2.93. The first-order valence-electron chi connectivity index (χ1n) is 7.56. The summed E-state index contributed by atoms with van der Waals surface area (Å²) in [6.07, 6.45) is 5.89. The highest BCUT2D eigenvalue weighted by molar-refractivity contribution is 5.33. The molecular formula is C17H25N3O. The Hall–Kier alpha value is -1.81. The van der Waals surface area contributed by atoms with Crippen LogP contribution in [-0.4, -0.2) is 22.2 Å². The Morgan fingerprint density at radius 2 is 2.05 bits per heavy atom. The van der Waals surface area contributed by atoms with Gasteiger partial charge >= 0.3 is 0 Å². The van der Waals surface area contributed by atoms with Gasteiger partial charge in [0.25, 0.3) is 0 Å². The van der Waals surface area contributed by atoms with Gasteiger partial charge in [-0.25, -0.2) is 4.98 Å². The number of ether oxygens (including phenoxy) is 1. The fraction of sp³-hybridized carbons (Fsp3) is 0.471. The highest BCUT2D eigenvalue weighted by Gasteiger charge is 2.06. The van der Waals surface area contributed by atoms with E-state index >= 15 is 0 Å². The van der Waals surface area contributed by atoms with E-state index in [1.165, 1.54) is 5.56 Å². The molecule has 4 nitrogen and oxygen atoms in total. The molecule has 0 aliphatic rings. The largest absolute Gasteiger partial charge is 0.491 e. The van der Waals surface area contributed by atoms with Crippen molar-refractivity contribution in [2.24, 2.45) is 5.92 Å². The number of imidazole rings is 1. The van der Waals surface area contributed by atoms with Crippen LogP contribution in [0.2, 0.25) is 0 Å². The zero-order valence-corrected chi connectivity index (χ0v) is 13.1. The van der Waals surface area contributed by atoms with Crippen LogP contribution in [0.5, 0.6) is 5.75 Å². The maximum atomic E-state index is 5.84. The van der Waals surface area contributed by atoms with E-state index in [4.69, 9.17) is 4.74 Å². The van der Waals surface area contributed by atoms with Gasteiger partial charge in [-0.1, -0.05) is 25.1 Å². The Bertz CT molecular complexity index is 523. The fourth-order valence-corrected chi connectivity index (χ4v) is 2.29. The summed E-state index contributed by atoms with van der Waals surface area (Å²) in [7, 11) is 0. The molecule has 1 heterocycles. The second-order valence-corrected chi connectivity index (χ2v) is 5.77. The van der Waals surface area contributed by atoms with Gasteiger partial charge in [-0.2, -0.15) is 0 Å². The van der Waals surface area contributed by atoms with Crippen molar-refractivity contribution in [1.29, 1.82) is 0 Å². The number of nitrogens with one attached hydrogen (secondary N) is 1. The average molecular weight is 287 g/mol. The Balaban J connectivity index is 1.80. The molecule has 4 heteroatoms. The number of hydrogen-bond acceptors (Lipinski definition) is 3. The third kappa shape index (κ3) is 5.23. The minimum Gasteiger partial charge on any atom is -0.491 e. The molecular weight excluding hydrogens is 262 g/mol. The van der Waals surface area contributed by atoms with Gasteiger partial charge in [-0.05, 0) is 32.4 Å². The van der Waals surface area contributed by atoms with E-state index in [0.29, 0.717) is 5.92 Å². The van der Waals surface area contributed by atoms with Crippen LogP contribution in [0.4, 0.5) is 0 Å². The Morgan fingerprint density at radius 1 is 1.24 bits per heavy atom. The van der Waals surface area contributed by atoms with Gasteiger partial charge in [0, 0.05) is 31.0 Å². The van der Waals surface area contributed by atoms with E-state index in [2.05, 4.69) is 47.8 Å². The van der Waals surface area contributed by atoms with Crippen LogP contribution < -0.4 is 10.1 Å². The van der Waals surface area contributed by atoms with Gasteiger partial charge in [0.05, 0.1) is 12.4 Å². The molecule has 2 rings (SSSR count). The summed E-state index contributed by atoms with van der Waals surface area (Å²) in [5.74, 6) is 1.53. The molecule has 0 saturated heterocycles. The van der Waals surface area contributed by atoms with Gasteiger partial charge in [0.15, 0.2) is 0 Å². The molecule has 0 aliphatic carbocycles. The normalized spacial score (nSPS) is 12.6. The lowest BCUT2D eigenvalue weighted by Crippen LogP contribution is -2.24. The summed E-state index contributed by atoms with van der Waals surface area (Å²) in [4.78, 5) is 4.07. The number of benzene rings is 1. The number of aromatic nitrogens is 2. The standard InChI is InChI=1S/C17H25N3O/c1-14(2)21-17-7-5-4-6-16(17)11-19-10-15(3)12-20-9-8-18-13-20/h4-9,13-15,19H,10-12H2,1-3H3. The van der Waals surface area contributed by atoms with Crippen LogP contribution >= 0.6 is 0 Å². The van der Waals surface area contributed by atoms with E-state index in [9.17, 15) is 0 Å². The predicted octanol–water partition coefficient (Wildman–Crippen LogP) is 3.10. The zero-order valence-electron chi connectivity index (χ0n) is 13.1. The van der Waals surface area contributed by atoms with Gasteiger partial charge in [-0.15, -0.1) is 0 Å². The van der Waals surface area contributed by atoms with Crippen molar-refractivity contribution in [3.8, 4) is 5.75 Å². The number of nitrogens with zero attached hydrogens (tertiary/aromatic N) is 2. The fourth-order valence-electron chi connectivity index (χ4n) is 2.29. The third-order valence-electron chi connectivity index (χ3n) is 3.23. The van der Waals surface area contributed by atoms with Gasteiger partial charge < -0.3 is 14.6 Å². The topological polar surface area (TPSA) is 39.1 Å². The Labute approximate surface area is 127 Å². The highest BCUT2D eigenvalue weighted by atomic mass is 16.5. The summed E-state index contributed by atoms with van der Waals surface area (Å²) >= 11 is 0. The SMILES string of the molecule is CC(CNCc1ccccc1OC(C)C)Cn1ccnc1. The van der Waals surface area contributed by atoms with Crippen molar-refractivity contribution in [2.75, 3.05) is 6.54 Å². The number of para-hydroxylation sites is 1. The van der Waals surface area contributed by atoms with E-state index in [1.807, 2.05) is 30.9 Å². The molecule has 1 aromatic heterocycles. The highest BCUT2D eigenvalue weighted by Crippen LogP contribution is 2.19. The smallest absolute Gasteiger partial charge is 0.124 e. The molecule has 0 aliphatic heterocycles. The van der Waals surface area contributed by atoms with Gasteiger partial charge in [0.1, 0.15) is 5.75 Å². The van der Waals surface area contributed by atoms with E-state index < -0.39 is 0 Å². The van der Waals surface area contributed by atoms with Crippen LogP contribution in [0.3, 0.4) is 0 Å². The first-order chi connectivity index (χ1) is 10.1. The Kier molecular flexibility index (Phi) is 5.81. The lowest BCUT2D eigenvalue weighted by atomic mass is 10.1. The van der Waals surface area contributed by atoms with E-state index in [1.54, 1.807) is 0 Å². The quantitative estimate of drug-likeness (QED) is 0.811. The summed E-state index contributed by atoms with van der Waals surface area (Å²) in [5.41, 5.74) is 1.21. The predicted molar refractivity (Wildman–Crippen MR) is 85.3 cm³/mol. The van der Waals surface area contributed by atoms with E-state index in [0.717, 1.165) is 25.4 Å². The van der Waals surface area contributed by atoms with Crippen molar-refractivity contribution in [3.63, 3.8) is 0 Å². The molecule has 1 aromatic carbocycles. The maximum absolute atomic E-state index is 5.84. The lowest BCUT2D eigenvalue weighted by molar-refractivity contribution is 0.239. The van der Waals surface area contributed by atoms with Crippen molar-refractivity contribution < 1.29 is 4.74 Å². The molecule has 2 aromatic rings. The molecule has 21 heavy (non-hydrogen) atoms. The summed E-state index contributed by atoms with van der Waals surface area (Å²) < 4.78 is 7.95. The van der Waals surface area contributed by atoms with Crippen molar-refractivity contribution >= 4 is 0 Å². The number of hydrogen-bond donors (Lipinski definition) is 1. The molecule has 0 fully saturated rings. The first-order valence-corrected chi connectivity index (χ1v) is 7.56. The summed E-state index contributed by atoms with van der Waals surface area (Å²) in [6.45, 7) is 9.13. The van der Waals surface area contributed by atoms with Crippen molar-refractivity contribution in [3.05, 3.63) is 48.5 Å². The molecule has 1 atom stereocenters. The van der Waals surface area contributed by atoms with E-state index in [-0.39, 0.29) is 6.10 Å². The molecule has 0 amide bonds. The maximum Gasteiger partial charge on any atom is 0.124 e. The van der Waals surface area contributed by atoms with Crippen molar-refractivity contribution in [2.45, 2.75) is 40.0 Å². The van der Waals surface area contributed by atoms with Crippen molar-refractivity contribution in [1.82, 2.24) is 14.9 Å². The monoisotopic (exact) mass is 287 g/mol. The first kappa shape index (κ1) is 15.6. The molecule has 0 bridgehead atoms. The van der Waals surface area contributed by atoms with Crippen LogP contribution in [-0.2, 0) is 13.1 Å². The van der Waals surface area contributed by atoms with Gasteiger partial charge in [0.2, 0.25) is 0 Å². The minimum atomic E-state index is 0.200. The number of rotatable bonds is 8. The Morgan fingerprint density at radius 3 is 2.76 bits per heavy atom. The van der Waals surface area contributed by atoms with Crippen LogP contribution in [0.25, 0.3) is 0 Å². The molecule has 1 N–H and O–H groups in total. The molecule has 0 saturated carbocycles. The van der Waals surface area contributed by atoms with Gasteiger partial charge in [-0.3, -0.25) is 0 Å². The van der Waals surface area contributed by atoms with Crippen LogP contribution in [0.1, 0.15) is 26.3 Å².